The van der Waals surface area contributed by atoms with Crippen LogP contribution in [0.4, 0.5) is 8.78 Å². The van der Waals surface area contributed by atoms with Crippen LogP contribution in [0.3, 0.4) is 0 Å². The Morgan fingerprint density at radius 1 is 1.36 bits per heavy atom. The lowest BCUT2D eigenvalue weighted by Gasteiger charge is -2.32. The molecule has 1 saturated carbocycles. The molecule has 0 spiro atoms. The quantitative estimate of drug-likeness (QED) is 0.582. The lowest BCUT2D eigenvalue weighted by molar-refractivity contribution is -0.0497. The summed E-state index contributed by atoms with van der Waals surface area (Å²) in [5.41, 5.74) is 1.33. The van der Waals surface area contributed by atoms with Crippen LogP contribution in [-0.2, 0) is 0 Å². The molecule has 0 radical (unpaired) electrons. The van der Waals surface area contributed by atoms with Crippen molar-refractivity contribution in [2.45, 2.75) is 52.4 Å². The number of rotatable bonds is 2. The van der Waals surface area contributed by atoms with E-state index >= 15 is 0 Å². The van der Waals surface area contributed by atoms with Gasteiger partial charge in [-0.1, -0.05) is 18.6 Å². The van der Waals surface area contributed by atoms with Gasteiger partial charge in [0.15, 0.2) is 0 Å². The lowest BCUT2D eigenvalue weighted by Crippen LogP contribution is -2.27. The highest BCUT2D eigenvalue weighted by molar-refractivity contribution is 5.03. The number of alkyl halides is 2. The van der Waals surface area contributed by atoms with Crippen molar-refractivity contribution >= 4 is 0 Å². The molecular formula is C12H20F2. The SMILES string of the molecule is C/C=C(\C)C(C)C1CCC(F)(F)CC1. The Morgan fingerprint density at radius 2 is 1.86 bits per heavy atom. The largest absolute Gasteiger partial charge is 0.248 e. The van der Waals surface area contributed by atoms with Gasteiger partial charge in [0.2, 0.25) is 5.92 Å². The number of hydrogen-bond acceptors (Lipinski definition) is 0. The Labute approximate surface area is 85.4 Å². The van der Waals surface area contributed by atoms with Crippen LogP contribution in [0, 0.1) is 11.8 Å². The average Bonchev–Trinajstić information content (AvgIpc) is 2.15. The molecule has 1 unspecified atom stereocenters. The third-order valence-electron chi connectivity index (χ3n) is 3.64. The van der Waals surface area contributed by atoms with Crippen molar-refractivity contribution in [2.24, 2.45) is 11.8 Å². The van der Waals surface area contributed by atoms with Crippen LogP contribution < -0.4 is 0 Å². The molecule has 14 heavy (non-hydrogen) atoms. The Kier molecular flexibility index (Phi) is 3.68. The van der Waals surface area contributed by atoms with Crippen LogP contribution in [0.1, 0.15) is 46.5 Å². The van der Waals surface area contributed by atoms with Crippen molar-refractivity contribution in [3.05, 3.63) is 11.6 Å². The Balaban J connectivity index is 2.50. The van der Waals surface area contributed by atoms with Crippen molar-refractivity contribution in [2.75, 3.05) is 0 Å². The topological polar surface area (TPSA) is 0 Å². The molecule has 0 nitrogen and oxygen atoms in total. The van der Waals surface area contributed by atoms with E-state index in [0.29, 0.717) is 24.7 Å². The molecule has 1 aliphatic carbocycles. The second-order valence-electron chi connectivity index (χ2n) is 4.51. The molecule has 0 aromatic rings. The highest BCUT2D eigenvalue weighted by Crippen LogP contribution is 2.40. The van der Waals surface area contributed by atoms with Crippen molar-refractivity contribution in [1.82, 2.24) is 0 Å². The van der Waals surface area contributed by atoms with Crippen molar-refractivity contribution in [3.8, 4) is 0 Å². The van der Waals surface area contributed by atoms with Gasteiger partial charge in [0.1, 0.15) is 0 Å². The predicted octanol–water partition coefficient (Wildman–Crippen LogP) is 4.41. The molecule has 0 amide bonds. The van der Waals surface area contributed by atoms with E-state index in [4.69, 9.17) is 0 Å². The maximum absolute atomic E-state index is 12.9. The van der Waals surface area contributed by atoms with E-state index in [0.717, 1.165) is 0 Å². The second kappa shape index (κ2) is 4.41. The molecule has 0 bridgehead atoms. The molecule has 1 aliphatic rings. The minimum absolute atomic E-state index is 0.0823. The van der Waals surface area contributed by atoms with Crippen LogP contribution in [0.2, 0.25) is 0 Å². The molecule has 1 atom stereocenters. The molecule has 0 aromatic carbocycles. The van der Waals surface area contributed by atoms with E-state index in [1.165, 1.54) is 5.57 Å². The first-order valence-corrected chi connectivity index (χ1v) is 5.47. The van der Waals surface area contributed by atoms with Crippen LogP contribution in [0.5, 0.6) is 0 Å². The molecule has 82 valence electrons. The summed E-state index contributed by atoms with van der Waals surface area (Å²) in [6.45, 7) is 6.27. The highest BCUT2D eigenvalue weighted by atomic mass is 19.3. The fraction of sp³-hybridized carbons (Fsp3) is 0.833. The Morgan fingerprint density at radius 3 is 2.29 bits per heavy atom. The van der Waals surface area contributed by atoms with Crippen LogP contribution >= 0.6 is 0 Å². The van der Waals surface area contributed by atoms with E-state index in [1.54, 1.807) is 0 Å². The summed E-state index contributed by atoms with van der Waals surface area (Å²) in [7, 11) is 0. The van der Waals surface area contributed by atoms with E-state index < -0.39 is 5.92 Å². The van der Waals surface area contributed by atoms with E-state index in [-0.39, 0.29) is 12.8 Å². The Hall–Kier alpha value is -0.400. The first-order chi connectivity index (χ1) is 6.46. The van der Waals surface area contributed by atoms with Crippen LogP contribution in [0.25, 0.3) is 0 Å². The van der Waals surface area contributed by atoms with Crippen LogP contribution in [0.15, 0.2) is 11.6 Å². The summed E-state index contributed by atoms with van der Waals surface area (Å²) in [6, 6.07) is 0. The van der Waals surface area contributed by atoms with Gasteiger partial charge < -0.3 is 0 Å². The maximum atomic E-state index is 12.9. The third kappa shape index (κ3) is 2.79. The maximum Gasteiger partial charge on any atom is 0.248 e. The normalized spacial score (nSPS) is 26.2. The van der Waals surface area contributed by atoms with Gasteiger partial charge in [-0.25, -0.2) is 8.78 Å². The van der Waals surface area contributed by atoms with Gasteiger partial charge in [0.05, 0.1) is 0 Å². The summed E-state index contributed by atoms with van der Waals surface area (Å²) in [4.78, 5) is 0. The van der Waals surface area contributed by atoms with E-state index in [1.807, 2.05) is 6.92 Å². The number of allylic oxidation sites excluding steroid dienone is 2. The molecule has 1 rings (SSSR count). The highest BCUT2D eigenvalue weighted by Gasteiger charge is 2.36. The van der Waals surface area contributed by atoms with Gasteiger partial charge in [-0.2, -0.15) is 0 Å². The summed E-state index contributed by atoms with van der Waals surface area (Å²) in [5, 5.41) is 0. The van der Waals surface area contributed by atoms with Gasteiger partial charge in [-0.3, -0.25) is 0 Å². The van der Waals surface area contributed by atoms with Crippen molar-refractivity contribution in [1.29, 1.82) is 0 Å². The zero-order valence-electron chi connectivity index (χ0n) is 9.32. The second-order valence-corrected chi connectivity index (χ2v) is 4.51. The molecule has 0 saturated heterocycles. The van der Waals surface area contributed by atoms with Crippen molar-refractivity contribution < 1.29 is 8.78 Å². The zero-order chi connectivity index (χ0) is 10.8. The lowest BCUT2D eigenvalue weighted by atomic mass is 9.77. The van der Waals surface area contributed by atoms with Gasteiger partial charge in [0, 0.05) is 12.8 Å². The molecule has 0 aromatic heterocycles. The number of halogens is 2. The van der Waals surface area contributed by atoms with Crippen LogP contribution in [-0.4, -0.2) is 5.92 Å². The summed E-state index contributed by atoms with van der Waals surface area (Å²) in [6.07, 6.45) is 3.62. The Bertz CT molecular complexity index is 208. The standard InChI is InChI=1S/C12H20F2/c1-4-9(2)10(3)11-5-7-12(13,14)8-6-11/h4,10-11H,5-8H2,1-3H3/b9-4+. The molecular weight excluding hydrogens is 182 g/mol. The molecule has 1 fully saturated rings. The minimum Gasteiger partial charge on any atom is -0.207 e. The zero-order valence-corrected chi connectivity index (χ0v) is 9.32. The summed E-state index contributed by atoms with van der Waals surface area (Å²) >= 11 is 0. The van der Waals surface area contributed by atoms with Gasteiger partial charge >= 0.3 is 0 Å². The van der Waals surface area contributed by atoms with E-state index in [2.05, 4.69) is 19.9 Å². The molecule has 0 N–H and O–H groups in total. The first-order valence-electron chi connectivity index (χ1n) is 5.47. The van der Waals surface area contributed by atoms with Gasteiger partial charge in [0.25, 0.3) is 0 Å². The fourth-order valence-electron chi connectivity index (χ4n) is 2.20. The van der Waals surface area contributed by atoms with Gasteiger partial charge in [-0.05, 0) is 38.5 Å². The predicted molar refractivity (Wildman–Crippen MR) is 55.5 cm³/mol. The molecule has 2 heteroatoms. The fourth-order valence-corrected chi connectivity index (χ4v) is 2.20. The molecule has 0 aliphatic heterocycles. The average molecular weight is 202 g/mol. The minimum atomic E-state index is -2.39. The van der Waals surface area contributed by atoms with E-state index in [9.17, 15) is 8.78 Å². The first kappa shape index (κ1) is 11.7. The van der Waals surface area contributed by atoms with Gasteiger partial charge in [-0.15, -0.1) is 0 Å². The van der Waals surface area contributed by atoms with Crippen molar-refractivity contribution in [3.63, 3.8) is 0 Å². The number of hydrogen-bond donors (Lipinski definition) is 0. The third-order valence-corrected chi connectivity index (χ3v) is 3.64. The summed E-state index contributed by atoms with van der Waals surface area (Å²) < 4.78 is 25.8. The molecule has 0 heterocycles. The summed E-state index contributed by atoms with van der Waals surface area (Å²) in [5.74, 6) is -1.46. The monoisotopic (exact) mass is 202 g/mol. The smallest absolute Gasteiger partial charge is 0.207 e.